The second kappa shape index (κ2) is 7.30. The topological polar surface area (TPSA) is 21.3 Å². The second-order valence-electron chi connectivity index (χ2n) is 5.23. The molecule has 0 unspecified atom stereocenters. The van der Waals surface area contributed by atoms with Gasteiger partial charge in [-0.1, -0.05) is 18.5 Å². The number of halogens is 1. The van der Waals surface area contributed by atoms with E-state index >= 15 is 0 Å². The number of benzene rings is 1. The summed E-state index contributed by atoms with van der Waals surface area (Å²) >= 11 is 7.89. The van der Waals surface area contributed by atoms with Crippen molar-refractivity contribution < 1.29 is 4.74 Å². The van der Waals surface area contributed by atoms with E-state index in [0.717, 1.165) is 35.0 Å². The Morgan fingerprint density at radius 2 is 1.81 bits per heavy atom. The zero-order chi connectivity index (χ0) is 15.4. The molecule has 1 aromatic carbocycles. The standard InChI is InChI=1S/C17H22ClNOS/c1-5-19-9-16-8-14(13(4)21-16)10-20-17-11(2)6-15(18)7-12(17)3/h6-8,19H,5,9-10H2,1-4H3. The molecule has 4 heteroatoms. The van der Waals surface area contributed by atoms with Crippen LogP contribution in [0, 0.1) is 20.8 Å². The van der Waals surface area contributed by atoms with E-state index in [1.807, 2.05) is 37.3 Å². The molecule has 0 radical (unpaired) electrons. The first-order chi connectivity index (χ1) is 10.0. The van der Waals surface area contributed by atoms with E-state index in [-0.39, 0.29) is 0 Å². The Morgan fingerprint density at radius 3 is 2.43 bits per heavy atom. The third kappa shape index (κ3) is 4.22. The highest BCUT2D eigenvalue weighted by atomic mass is 35.5. The Kier molecular flexibility index (Phi) is 5.68. The Labute approximate surface area is 136 Å². The highest BCUT2D eigenvalue weighted by molar-refractivity contribution is 7.12. The molecule has 0 spiro atoms. The number of hydrogen-bond acceptors (Lipinski definition) is 3. The minimum absolute atomic E-state index is 0.609. The lowest BCUT2D eigenvalue weighted by molar-refractivity contribution is 0.301. The van der Waals surface area contributed by atoms with Gasteiger partial charge in [0.15, 0.2) is 0 Å². The molecule has 0 saturated carbocycles. The van der Waals surface area contributed by atoms with Gasteiger partial charge in [0.05, 0.1) is 0 Å². The van der Waals surface area contributed by atoms with Gasteiger partial charge in [0, 0.05) is 26.9 Å². The van der Waals surface area contributed by atoms with Crippen molar-refractivity contribution in [2.24, 2.45) is 0 Å². The fourth-order valence-electron chi connectivity index (χ4n) is 2.34. The van der Waals surface area contributed by atoms with Crippen molar-refractivity contribution in [2.75, 3.05) is 6.54 Å². The smallest absolute Gasteiger partial charge is 0.125 e. The number of ether oxygens (including phenoxy) is 1. The highest BCUT2D eigenvalue weighted by Gasteiger charge is 2.09. The molecule has 114 valence electrons. The van der Waals surface area contributed by atoms with E-state index in [1.54, 1.807) is 0 Å². The van der Waals surface area contributed by atoms with E-state index in [1.165, 1.54) is 15.3 Å². The minimum atomic E-state index is 0.609. The highest BCUT2D eigenvalue weighted by Crippen LogP contribution is 2.29. The van der Waals surface area contributed by atoms with Crippen molar-refractivity contribution in [1.29, 1.82) is 0 Å². The maximum Gasteiger partial charge on any atom is 0.125 e. The molecular formula is C17H22ClNOS. The molecule has 1 heterocycles. The van der Waals surface area contributed by atoms with Crippen molar-refractivity contribution in [3.63, 3.8) is 0 Å². The van der Waals surface area contributed by atoms with E-state index in [4.69, 9.17) is 16.3 Å². The maximum absolute atomic E-state index is 6.06. The van der Waals surface area contributed by atoms with Crippen molar-refractivity contribution >= 4 is 22.9 Å². The first-order valence-corrected chi connectivity index (χ1v) is 8.39. The second-order valence-corrected chi connectivity index (χ2v) is 7.01. The number of thiophene rings is 1. The molecule has 21 heavy (non-hydrogen) atoms. The molecule has 2 rings (SSSR count). The molecule has 0 saturated heterocycles. The average Bonchev–Trinajstić information content (AvgIpc) is 2.76. The van der Waals surface area contributed by atoms with Crippen LogP contribution < -0.4 is 10.1 Å². The summed E-state index contributed by atoms with van der Waals surface area (Å²) in [5, 5.41) is 4.12. The average molecular weight is 324 g/mol. The van der Waals surface area contributed by atoms with Crippen molar-refractivity contribution in [3.8, 4) is 5.75 Å². The zero-order valence-electron chi connectivity index (χ0n) is 13.0. The van der Waals surface area contributed by atoms with Crippen molar-refractivity contribution in [2.45, 2.75) is 40.8 Å². The monoisotopic (exact) mass is 323 g/mol. The van der Waals surface area contributed by atoms with Crippen LogP contribution in [0.25, 0.3) is 0 Å². The summed E-state index contributed by atoms with van der Waals surface area (Å²) in [5.74, 6) is 0.943. The Bertz CT molecular complexity index is 598. The predicted molar refractivity (Wildman–Crippen MR) is 91.7 cm³/mol. The molecule has 0 atom stereocenters. The van der Waals surface area contributed by atoms with Gasteiger partial charge in [0.25, 0.3) is 0 Å². The quantitative estimate of drug-likeness (QED) is 0.806. The first kappa shape index (κ1) is 16.3. The van der Waals surface area contributed by atoms with Crippen LogP contribution in [0.3, 0.4) is 0 Å². The number of hydrogen-bond donors (Lipinski definition) is 1. The third-order valence-electron chi connectivity index (χ3n) is 3.42. The maximum atomic E-state index is 6.06. The van der Waals surface area contributed by atoms with E-state index in [2.05, 4.69) is 25.2 Å². The summed E-state index contributed by atoms with van der Waals surface area (Å²) in [6.45, 7) is 10.9. The molecule has 1 N–H and O–H groups in total. The molecule has 0 amide bonds. The van der Waals surface area contributed by atoms with Crippen LogP contribution in [-0.2, 0) is 13.2 Å². The largest absolute Gasteiger partial charge is 0.488 e. The van der Waals surface area contributed by atoms with Gasteiger partial charge < -0.3 is 10.1 Å². The summed E-state index contributed by atoms with van der Waals surface area (Å²) in [6.07, 6.45) is 0. The lowest BCUT2D eigenvalue weighted by Crippen LogP contribution is -2.10. The lowest BCUT2D eigenvalue weighted by atomic mass is 10.1. The fraction of sp³-hybridized carbons (Fsp3) is 0.412. The van der Waals surface area contributed by atoms with Gasteiger partial charge in [-0.05, 0) is 56.6 Å². The Hall–Kier alpha value is -1.03. The molecular weight excluding hydrogens is 302 g/mol. The molecule has 2 nitrogen and oxygen atoms in total. The molecule has 0 fully saturated rings. The molecule has 0 bridgehead atoms. The SMILES string of the molecule is CCNCc1cc(COc2c(C)cc(Cl)cc2C)c(C)s1. The minimum Gasteiger partial charge on any atom is -0.488 e. The van der Waals surface area contributed by atoms with Gasteiger partial charge in [-0.2, -0.15) is 0 Å². The molecule has 0 aliphatic carbocycles. The summed E-state index contributed by atoms with van der Waals surface area (Å²) in [6, 6.07) is 6.13. The Morgan fingerprint density at radius 1 is 1.14 bits per heavy atom. The van der Waals surface area contributed by atoms with Crippen molar-refractivity contribution in [1.82, 2.24) is 5.32 Å². The summed E-state index contributed by atoms with van der Waals surface area (Å²) in [4.78, 5) is 2.68. The van der Waals surface area contributed by atoms with Crippen LogP contribution in [-0.4, -0.2) is 6.54 Å². The normalized spacial score (nSPS) is 10.9. The van der Waals surface area contributed by atoms with Gasteiger partial charge in [-0.3, -0.25) is 0 Å². The fourth-order valence-corrected chi connectivity index (χ4v) is 3.69. The first-order valence-electron chi connectivity index (χ1n) is 7.19. The number of nitrogens with one attached hydrogen (secondary N) is 1. The van der Waals surface area contributed by atoms with Crippen LogP contribution >= 0.6 is 22.9 Å². The number of rotatable bonds is 6. The van der Waals surface area contributed by atoms with Gasteiger partial charge in [0.2, 0.25) is 0 Å². The van der Waals surface area contributed by atoms with Crippen LogP contribution in [0.1, 0.15) is 33.4 Å². The molecule has 0 aliphatic rings. The third-order valence-corrected chi connectivity index (χ3v) is 4.73. The van der Waals surface area contributed by atoms with Crippen LogP contribution in [0.15, 0.2) is 18.2 Å². The van der Waals surface area contributed by atoms with Crippen molar-refractivity contribution in [3.05, 3.63) is 49.7 Å². The Balaban J connectivity index is 2.08. The summed E-state index contributed by atoms with van der Waals surface area (Å²) in [5.41, 5.74) is 3.43. The van der Waals surface area contributed by atoms with E-state index < -0.39 is 0 Å². The van der Waals surface area contributed by atoms with Gasteiger partial charge in [-0.15, -0.1) is 11.3 Å². The molecule has 1 aromatic heterocycles. The van der Waals surface area contributed by atoms with E-state index in [9.17, 15) is 0 Å². The van der Waals surface area contributed by atoms with Gasteiger partial charge in [-0.25, -0.2) is 0 Å². The number of aryl methyl sites for hydroxylation is 3. The molecule has 0 aliphatic heterocycles. The molecule has 2 aromatic rings. The van der Waals surface area contributed by atoms with Crippen LogP contribution in [0.4, 0.5) is 0 Å². The zero-order valence-corrected chi connectivity index (χ0v) is 14.6. The van der Waals surface area contributed by atoms with Crippen LogP contribution in [0.5, 0.6) is 5.75 Å². The van der Waals surface area contributed by atoms with Gasteiger partial charge in [0.1, 0.15) is 12.4 Å². The summed E-state index contributed by atoms with van der Waals surface area (Å²) in [7, 11) is 0. The lowest BCUT2D eigenvalue weighted by Gasteiger charge is -2.12. The summed E-state index contributed by atoms with van der Waals surface area (Å²) < 4.78 is 6.03. The van der Waals surface area contributed by atoms with Gasteiger partial charge >= 0.3 is 0 Å². The predicted octanol–water partition coefficient (Wildman–Crippen LogP) is 5.02. The van der Waals surface area contributed by atoms with Crippen LogP contribution in [0.2, 0.25) is 5.02 Å². The van der Waals surface area contributed by atoms with E-state index in [0.29, 0.717) is 6.61 Å².